The van der Waals surface area contributed by atoms with Crippen molar-refractivity contribution in [2.75, 3.05) is 0 Å². The van der Waals surface area contributed by atoms with E-state index < -0.39 is 5.54 Å². The van der Waals surface area contributed by atoms with Gasteiger partial charge in [-0.25, -0.2) is 0 Å². The van der Waals surface area contributed by atoms with Crippen molar-refractivity contribution >= 4 is 0 Å². The summed E-state index contributed by atoms with van der Waals surface area (Å²) >= 11 is 0. The van der Waals surface area contributed by atoms with Gasteiger partial charge in [-0.3, -0.25) is 0 Å². The van der Waals surface area contributed by atoms with Crippen LogP contribution in [0.15, 0.2) is 10.2 Å². The Hall–Kier alpha value is -1.38. The van der Waals surface area contributed by atoms with E-state index in [0.717, 1.165) is 25.7 Å². The summed E-state index contributed by atoms with van der Waals surface area (Å²) in [5.74, 6) is 1.83. The molecule has 0 aromatic rings. The molecule has 84 valence electrons. The van der Waals surface area contributed by atoms with E-state index in [1.807, 2.05) is 0 Å². The van der Waals surface area contributed by atoms with E-state index in [9.17, 15) is 0 Å². The largest absolute Gasteiger partial charge is 0.0896 e. The van der Waals surface area contributed by atoms with Crippen molar-refractivity contribution in [1.82, 2.24) is 0 Å². The number of hydrogen-bond acceptors (Lipinski definition) is 2. The average Bonchev–Trinajstić information content (AvgIpc) is 2.23. The van der Waals surface area contributed by atoms with Crippen molar-refractivity contribution in [1.29, 1.82) is 0 Å². The second kappa shape index (κ2) is 3.30. The van der Waals surface area contributed by atoms with Gasteiger partial charge in [0, 0.05) is 9.82 Å². The highest BCUT2D eigenvalue weighted by Crippen LogP contribution is 2.58. The summed E-state index contributed by atoms with van der Waals surface area (Å²) in [6.07, 6.45) is 5.44. The molecule has 0 aromatic carbocycles. The summed E-state index contributed by atoms with van der Waals surface area (Å²) in [6, 6.07) is -0.0961. The molecule has 3 unspecified atom stereocenters. The normalized spacial score (nSPS) is 48.2. The van der Waals surface area contributed by atoms with Crippen LogP contribution in [0, 0.1) is 17.8 Å². The fourth-order valence-electron chi connectivity index (χ4n) is 4.46. The lowest BCUT2D eigenvalue weighted by Crippen LogP contribution is -2.58. The maximum atomic E-state index is 8.74. The van der Waals surface area contributed by atoms with Crippen LogP contribution in [0.5, 0.6) is 0 Å². The summed E-state index contributed by atoms with van der Waals surface area (Å²) in [5, 5.41) is 7.96. The Kier molecular flexibility index (Phi) is 2.03. The van der Waals surface area contributed by atoms with Gasteiger partial charge in [0.2, 0.25) is 0 Å². The molecule has 0 saturated heterocycles. The van der Waals surface area contributed by atoms with Crippen molar-refractivity contribution in [3.63, 3.8) is 0 Å². The van der Waals surface area contributed by atoms with Gasteiger partial charge in [0.1, 0.15) is 0 Å². The molecule has 0 N–H and O–H groups in total. The van der Waals surface area contributed by atoms with Crippen molar-refractivity contribution in [3.8, 4) is 0 Å². The first-order valence-electron chi connectivity index (χ1n) is 5.88. The van der Waals surface area contributed by atoms with E-state index in [0.29, 0.717) is 17.8 Å². The molecule has 16 heavy (non-hydrogen) atoms. The molecule has 6 nitrogen and oxygen atoms in total. The highest BCUT2D eigenvalue weighted by atomic mass is 15.2. The van der Waals surface area contributed by atoms with Gasteiger partial charge in [0.25, 0.3) is 0 Å². The molecule has 3 atom stereocenters. The van der Waals surface area contributed by atoms with Crippen LogP contribution in [0.4, 0.5) is 0 Å². The molecule has 0 radical (unpaired) electrons. The Morgan fingerprint density at radius 3 is 2.25 bits per heavy atom. The van der Waals surface area contributed by atoms with Crippen LogP contribution in [0.1, 0.15) is 32.1 Å². The molecule has 6 heteroatoms. The molecule has 4 bridgehead atoms. The minimum Gasteiger partial charge on any atom is -0.0896 e. The lowest BCUT2D eigenvalue weighted by atomic mass is 9.51. The van der Waals surface area contributed by atoms with E-state index in [1.54, 1.807) is 0 Å². The maximum Gasteiger partial charge on any atom is 0.0580 e. The monoisotopic (exact) mass is 218 g/mol. The lowest BCUT2D eigenvalue weighted by Gasteiger charge is -2.58. The molecule has 4 saturated carbocycles. The van der Waals surface area contributed by atoms with Gasteiger partial charge >= 0.3 is 0 Å². The third-order valence-electron chi connectivity index (χ3n) is 4.64. The van der Waals surface area contributed by atoms with Crippen LogP contribution in [-0.4, -0.2) is 11.6 Å². The van der Waals surface area contributed by atoms with E-state index in [2.05, 4.69) is 20.1 Å². The quantitative estimate of drug-likeness (QED) is 0.384. The topological polar surface area (TPSA) is 97.5 Å². The molecule has 0 aliphatic heterocycles. The second-order valence-corrected chi connectivity index (χ2v) is 5.55. The SMILES string of the molecule is [N-]=[N+]=NC1C2CC3CC(C2)CC1(N=[N+]=[N-])C3. The summed E-state index contributed by atoms with van der Waals surface area (Å²) in [4.78, 5) is 5.95. The van der Waals surface area contributed by atoms with Crippen molar-refractivity contribution in [3.05, 3.63) is 20.9 Å². The maximum absolute atomic E-state index is 8.74. The van der Waals surface area contributed by atoms with Gasteiger partial charge in [-0.1, -0.05) is 10.2 Å². The summed E-state index contributed by atoms with van der Waals surface area (Å²) < 4.78 is 0. The van der Waals surface area contributed by atoms with Gasteiger partial charge in [0.15, 0.2) is 0 Å². The average molecular weight is 218 g/mol. The zero-order valence-corrected chi connectivity index (χ0v) is 9.03. The van der Waals surface area contributed by atoms with Gasteiger partial charge in [-0.05, 0) is 60.9 Å². The molecule has 0 spiro atoms. The van der Waals surface area contributed by atoms with E-state index in [-0.39, 0.29) is 6.04 Å². The van der Waals surface area contributed by atoms with Gasteiger partial charge in [-0.2, -0.15) is 0 Å². The molecular formula is C10H14N6. The van der Waals surface area contributed by atoms with Crippen LogP contribution in [0.3, 0.4) is 0 Å². The molecule has 4 aliphatic rings. The summed E-state index contributed by atoms with van der Waals surface area (Å²) in [6.45, 7) is 0. The molecule has 4 rings (SSSR count). The van der Waals surface area contributed by atoms with Crippen LogP contribution in [0.25, 0.3) is 20.9 Å². The third-order valence-corrected chi connectivity index (χ3v) is 4.64. The van der Waals surface area contributed by atoms with E-state index >= 15 is 0 Å². The Labute approximate surface area is 93.3 Å². The van der Waals surface area contributed by atoms with Crippen LogP contribution < -0.4 is 0 Å². The standard InChI is InChI=1S/C10H14N6/c11-15-13-9-8-2-6-1-7(3-8)5-10(9,4-6)14-16-12/h6-9H,1-5H2. The predicted octanol–water partition coefficient (Wildman–Crippen LogP) is 3.55. The predicted molar refractivity (Wildman–Crippen MR) is 58.4 cm³/mol. The summed E-state index contributed by atoms with van der Waals surface area (Å²) in [7, 11) is 0. The Bertz CT molecular complexity index is 392. The van der Waals surface area contributed by atoms with E-state index in [4.69, 9.17) is 11.1 Å². The fraction of sp³-hybridized carbons (Fsp3) is 1.00. The molecule has 0 amide bonds. The van der Waals surface area contributed by atoms with Crippen LogP contribution in [-0.2, 0) is 0 Å². The van der Waals surface area contributed by atoms with Gasteiger partial charge in [0.05, 0.1) is 11.6 Å². The first kappa shape index (κ1) is 9.82. The highest BCUT2D eigenvalue weighted by Gasteiger charge is 2.56. The first-order chi connectivity index (χ1) is 7.77. The summed E-state index contributed by atoms with van der Waals surface area (Å²) in [5.41, 5.74) is 17.0. The minimum atomic E-state index is -0.393. The zero-order valence-electron chi connectivity index (χ0n) is 9.03. The van der Waals surface area contributed by atoms with Crippen LogP contribution in [0.2, 0.25) is 0 Å². The fourth-order valence-corrected chi connectivity index (χ4v) is 4.46. The lowest BCUT2D eigenvalue weighted by molar-refractivity contribution is -0.0183. The number of hydrogen-bond donors (Lipinski definition) is 0. The van der Waals surface area contributed by atoms with Gasteiger partial charge in [-0.15, -0.1) is 0 Å². The molecule has 0 aromatic heterocycles. The van der Waals surface area contributed by atoms with E-state index in [1.165, 1.54) is 6.42 Å². The number of azide groups is 2. The Balaban J connectivity index is 2.04. The third kappa shape index (κ3) is 1.20. The van der Waals surface area contributed by atoms with Crippen LogP contribution >= 0.6 is 0 Å². The van der Waals surface area contributed by atoms with Crippen molar-refractivity contribution in [2.45, 2.75) is 43.7 Å². The second-order valence-electron chi connectivity index (χ2n) is 5.55. The number of nitrogens with zero attached hydrogens (tertiary/aromatic N) is 6. The minimum absolute atomic E-state index is 0.0961. The number of rotatable bonds is 2. The first-order valence-corrected chi connectivity index (χ1v) is 5.88. The molecule has 4 fully saturated rings. The van der Waals surface area contributed by atoms with Crippen molar-refractivity contribution in [2.24, 2.45) is 28.0 Å². The smallest absolute Gasteiger partial charge is 0.0580 e. The highest BCUT2D eigenvalue weighted by molar-refractivity contribution is 5.14. The zero-order chi connectivity index (χ0) is 11.2. The molecule has 4 aliphatic carbocycles. The van der Waals surface area contributed by atoms with Gasteiger partial charge < -0.3 is 0 Å². The Morgan fingerprint density at radius 2 is 1.69 bits per heavy atom. The Morgan fingerprint density at radius 1 is 1.00 bits per heavy atom. The van der Waals surface area contributed by atoms with Crippen molar-refractivity contribution < 1.29 is 0 Å². The molecular weight excluding hydrogens is 204 g/mol. The molecule has 0 heterocycles.